The molecule has 0 aliphatic carbocycles. The minimum Gasteiger partial charge on any atom is -0.361 e. The van der Waals surface area contributed by atoms with Gasteiger partial charge in [-0.05, 0) is 12.1 Å². The first-order valence-corrected chi connectivity index (χ1v) is 8.47. The summed E-state index contributed by atoms with van der Waals surface area (Å²) in [4.78, 5) is 41.8. The Morgan fingerprint density at radius 3 is 2.07 bits per heavy atom. The van der Waals surface area contributed by atoms with Crippen LogP contribution in [0.25, 0.3) is 33.0 Å². The molecular weight excluding hydrogens is 360 g/mol. The quantitative estimate of drug-likeness (QED) is 0.291. The highest BCUT2D eigenvalue weighted by atomic mass is 16.6. The number of rotatable bonds is 3. The molecule has 2 amide bonds. The number of para-hydroxylation sites is 1. The topological polar surface area (TPSA) is 121 Å². The molecule has 1 aliphatic rings. The second-order valence-corrected chi connectivity index (χ2v) is 6.47. The van der Waals surface area contributed by atoms with Gasteiger partial charge in [0.1, 0.15) is 0 Å². The van der Waals surface area contributed by atoms with Crippen molar-refractivity contribution >= 4 is 50.5 Å². The summed E-state index contributed by atoms with van der Waals surface area (Å²) in [5.74, 6) is -0.967. The third kappa shape index (κ3) is 2.18. The number of aromatic nitrogens is 2. The minimum absolute atomic E-state index is 0.0568. The van der Waals surface area contributed by atoms with E-state index in [4.69, 9.17) is 0 Å². The lowest BCUT2D eigenvalue weighted by Crippen LogP contribution is -2.22. The van der Waals surface area contributed by atoms with Gasteiger partial charge in [0, 0.05) is 51.9 Å². The molecule has 8 heteroatoms. The zero-order valence-electron chi connectivity index (χ0n) is 14.3. The molecule has 0 radical (unpaired) electrons. The lowest BCUT2D eigenvalue weighted by molar-refractivity contribution is -0.384. The number of benzene rings is 2. The monoisotopic (exact) mass is 372 g/mol. The van der Waals surface area contributed by atoms with E-state index >= 15 is 0 Å². The van der Waals surface area contributed by atoms with Gasteiger partial charge < -0.3 is 9.97 Å². The van der Waals surface area contributed by atoms with Crippen LogP contribution in [0.2, 0.25) is 0 Å². The SMILES string of the molecule is O=C1NC(=O)C(c2c[nH]c3cc([N+](=O)[O-])ccc23)=C1c1c[nH]c2ccccc12. The number of carbonyl (C=O) groups is 2. The molecule has 0 unspecified atom stereocenters. The highest BCUT2D eigenvalue weighted by Gasteiger charge is 2.34. The zero-order chi connectivity index (χ0) is 19.4. The maximum atomic E-state index is 12.6. The van der Waals surface area contributed by atoms with Gasteiger partial charge in [-0.1, -0.05) is 18.2 Å². The van der Waals surface area contributed by atoms with Crippen molar-refractivity contribution < 1.29 is 14.5 Å². The number of hydrogen-bond donors (Lipinski definition) is 3. The molecular formula is C20H12N4O4. The van der Waals surface area contributed by atoms with Crippen molar-refractivity contribution in [1.29, 1.82) is 0 Å². The fraction of sp³-hybridized carbons (Fsp3) is 0. The van der Waals surface area contributed by atoms with Crippen LogP contribution in [-0.2, 0) is 9.59 Å². The highest BCUT2D eigenvalue weighted by molar-refractivity contribution is 6.50. The average molecular weight is 372 g/mol. The van der Waals surface area contributed by atoms with Gasteiger partial charge in [0.2, 0.25) is 0 Å². The summed E-state index contributed by atoms with van der Waals surface area (Å²) in [5, 5.41) is 14.8. The van der Waals surface area contributed by atoms with E-state index in [0.29, 0.717) is 22.0 Å². The van der Waals surface area contributed by atoms with Crippen LogP contribution in [0.3, 0.4) is 0 Å². The van der Waals surface area contributed by atoms with Crippen molar-refractivity contribution in [2.75, 3.05) is 0 Å². The Labute approximate surface area is 157 Å². The smallest absolute Gasteiger partial charge is 0.271 e. The number of aromatic amines is 2. The molecule has 0 fully saturated rings. The van der Waals surface area contributed by atoms with Gasteiger partial charge in [0.15, 0.2) is 0 Å². The summed E-state index contributed by atoms with van der Waals surface area (Å²) in [6.45, 7) is 0. The number of hydrogen-bond acceptors (Lipinski definition) is 4. The minimum atomic E-state index is -0.496. The van der Waals surface area contributed by atoms with Gasteiger partial charge in [0.25, 0.3) is 17.5 Å². The molecule has 0 bridgehead atoms. The Balaban J connectivity index is 1.79. The van der Waals surface area contributed by atoms with Crippen LogP contribution in [0.4, 0.5) is 5.69 Å². The van der Waals surface area contributed by atoms with Crippen LogP contribution in [-0.4, -0.2) is 26.7 Å². The standard InChI is InChI=1S/C20H12N4O4/c25-19-17(13-8-21-15-4-2-1-3-11(13)15)18(20(26)23-19)14-9-22-16-7-10(24(27)28)5-6-12(14)16/h1-9,21-22H,(H,23,25,26). The van der Waals surface area contributed by atoms with Crippen molar-refractivity contribution in [3.05, 3.63) is 76.1 Å². The fourth-order valence-corrected chi connectivity index (χ4v) is 3.68. The molecule has 0 saturated heterocycles. The summed E-state index contributed by atoms with van der Waals surface area (Å²) >= 11 is 0. The number of nitro benzene ring substituents is 1. The van der Waals surface area contributed by atoms with Crippen molar-refractivity contribution in [2.24, 2.45) is 0 Å². The molecule has 8 nitrogen and oxygen atoms in total. The number of non-ortho nitro benzene ring substituents is 1. The maximum absolute atomic E-state index is 12.6. The fourth-order valence-electron chi connectivity index (χ4n) is 3.68. The van der Waals surface area contributed by atoms with E-state index < -0.39 is 16.7 Å². The molecule has 3 N–H and O–H groups in total. The Morgan fingerprint density at radius 2 is 1.39 bits per heavy atom. The lowest BCUT2D eigenvalue weighted by Gasteiger charge is -2.03. The number of nitro groups is 1. The number of fused-ring (bicyclic) bond motifs is 2. The van der Waals surface area contributed by atoms with E-state index in [0.717, 1.165) is 10.9 Å². The normalized spacial score (nSPS) is 14.3. The molecule has 5 rings (SSSR count). The lowest BCUT2D eigenvalue weighted by atomic mass is 9.95. The molecule has 28 heavy (non-hydrogen) atoms. The van der Waals surface area contributed by atoms with E-state index in [1.165, 1.54) is 12.1 Å². The number of amides is 2. The van der Waals surface area contributed by atoms with E-state index in [-0.39, 0.29) is 16.8 Å². The molecule has 0 spiro atoms. The van der Waals surface area contributed by atoms with Crippen LogP contribution in [0.1, 0.15) is 11.1 Å². The summed E-state index contributed by atoms with van der Waals surface area (Å²) in [6.07, 6.45) is 3.30. The Morgan fingerprint density at radius 1 is 0.786 bits per heavy atom. The third-order valence-electron chi connectivity index (χ3n) is 4.94. The number of nitrogens with one attached hydrogen (secondary N) is 3. The Kier molecular flexibility index (Phi) is 3.23. The van der Waals surface area contributed by atoms with Gasteiger partial charge in [-0.25, -0.2) is 0 Å². The Bertz CT molecular complexity index is 1360. The van der Waals surface area contributed by atoms with E-state index in [1.807, 2.05) is 24.3 Å². The third-order valence-corrected chi connectivity index (χ3v) is 4.94. The largest absolute Gasteiger partial charge is 0.361 e. The molecule has 3 heterocycles. The highest BCUT2D eigenvalue weighted by Crippen LogP contribution is 2.37. The summed E-state index contributed by atoms with van der Waals surface area (Å²) < 4.78 is 0. The first kappa shape index (κ1) is 16.0. The molecule has 1 aliphatic heterocycles. The molecule has 2 aromatic carbocycles. The van der Waals surface area contributed by atoms with E-state index in [1.54, 1.807) is 18.5 Å². The molecule has 4 aromatic rings. The summed E-state index contributed by atoms with van der Waals surface area (Å²) in [5.41, 5.74) is 2.99. The Hall–Kier alpha value is -4.20. The van der Waals surface area contributed by atoms with Crippen molar-refractivity contribution in [2.45, 2.75) is 0 Å². The van der Waals surface area contributed by atoms with Crippen molar-refractivity contribution in [3.63, 3.8) is 0 Å². The number of carbonyl (C=O) groups excluding carboxylic acids is 2. The van der Waals surface area contributed by atoms with Crippen molar-refractivity contribution in [3.8, 4) is 0 Å². The predicted octanol–water partition coefficient (Wildman–Crippen LogP) is 3.12. The van der Waals surface area contributed by atoms with Crippen LogP contribution in [0, 0.1) is 10.1 Å². The maximum Gasteiger partial charge on any atom is 0.271 e. The number of nitrogens with zero attached hydrogens (tertiary/aromatic N) is 1. The summed E-state index contributed by atoms with van der Waals surface area (Å²) in [7, 11) is 0. The second-order valence-electron chi connectivity index (χ2n) is 6.47. The van der Waals surface area contributed by atoms with Crippen LogP contribution in [0.15, 0.2) is 54.9 Å². The van der Waals surface area contributed by atoms with Gasteiger partial charge in [-0.2, -0.15) is 0 Å². The molecule has 136 valence electrons. The van der Waals surface area contributed by atoms with Gasteiger partial charge >= 0.3 is 0 Å². The van der Waals surface area contributed by atoms with Crippen LogP contribution >= 0.6 is 0 Å². The average Bonchev–Trinajstić information content (AvgIpc) is 3.35. The van der Waals surface area contributed by atoms with Gasteiger partial charge in [-0.15, -0.1) is 0 Å². The van der Waals surface area contributed by atoms with Gasteiger partial charge in [-0.3, -0.25) is 25.0 Å². The van der Waals surface area contributed by atoms with E-state index in [9.17, 15) is 19.7 Å². The summed E-state index contributed by atoms with van der Waals surface area (Å²) in [6, 6.07) is 11.9. The molecule has 0 atom stereocenters. The molecule has 0 saturated carbocycles. The van der Waals surface area contributed by atoms with Crippen LogP contribution < -0.4 is 5.32 Å². The molecule has 2 aromatic heterocycles. The first-order chi connectivity index (χ1) is 13.5. The van der Waals surface area contributed by atoms with Gasteiger partial charge in [0.05, 0.1) is 21.6 Å². The second kappa shape index (κ2) is 5.65. The number of imide groups is 1. The number of H-pyrrole nitrogens is 2. The van der Waals surface area contributed by atoms with Crippen molar-refractivity contribution in [1.82, 2.24) is 15.3 Å². The zero-order valence-corrected chi connectivity index (χ0v) is 14.3. The predicted molar refractivity (Wildman–Crippen MR) is 103 cm³/mol. The van der Waals surface area contributed by atoms with E-state index in [2.05, 4.69) is 15.3 Å². The first-order valence-electron chi connectivity index (χ1n) is 8.47. The van der Waals surface area contributed by atoms with Crippen LogP contribution in [0.5, 0.6) is 0 Å².